The number of hydroxylamine groups is 2. The highest BCUT2D eigenvalue weighted by Gasteiger charge is 2.54. The molecule has 2 aliphatic heterocycles. The van der Waals surface area contributed by atoms with Crippen molar-refractivity contribution in [3.05, 3.63) is 23.8 Å². The van der Waals surface area contributed by atoms with Crippen LogP contribution in [0.15, 0.2) is 18.2 Å². The van der Waals surface area contributed by atoms with Gasteiger partial charge in [-0.15, -0.1) is 0 Å². The van der Waals surface area contributed by atoms with Crippen LogP contribution < -0.4 is 9.47 Å². The molecule has 4 rings (SSSR count). The van der Waals surface area contributed by atoms with Crippen molar-refractivity contribution in [3.63, 3.8) is 0 Å². The predicted octanol–water partition coefficient (Wildman–Crippen LogP) is 4.10. The lowest BCUT2D eigenvalue weighted by Gasteiger charge is -2.37. The minimum absolute atomic E-state index is 0.192. The number of benzene rings is 1. The van der Waals surface area contributed by atoms with Gasteiger partial charge in [0, 0.05) is 17.5 Å². The fraction of sp³-hybridized carbons (Fsp3) is 0.684. The van der Waals surface area contributed by atoms with Crippen LogP contribution in [0.2, 0.25) is 0 Å². The van der Waals surface area contributed by atoms with Crippen LogP contribution in [-0.2, 0) is 4.84 Å². The quantitative estimate of drug-likeness (QED) is 0.821. The summed E-state index contributed by atoms with van der Waals surface area (Å²) in [6, 6.07) is 7.01. The SMILES string of the molecule is COc1cccc2c1OC[C@@H]1[C@H]2N(C2CCCCC2)OC1(C)C. The molecule has 1 aliphatic carbocycles. The summed E-state index contributed by atoms with van der Waals surface area (Å²) >= 11 is 0. The molecule has 0 amide bonds. The third-order valence-electron chi connectivity index (χ3n) is 5.78. The first kappa shape index (κ1) is 15.3. The number of methoxy groups -OCH3 is 1. The van der Waals surface area contributed by atoms with Crippen molar-refractivity contribution < 1.29 is 14.3 Å². The maximum atomic E-state index is 6.48. The van der Waals surface area contributed by atoms with Crippen LogP contribution in [0.5, 0.6) is 11.5 Å². The molecule has 0 aromatic heterocycles. The number of fused-ring (bicyclic) bond motifs is 3. The van der Waals surface area contributed by atoms with Crippen molar-refractivity contribution >= 4 is 0 Å². The first-order chi connectivity index (χ1) is 11.1. The van der Waals surface area contributed by atoms with Gasteiger partial charge in [-0.2, -0.15) is 5.06 Å². The lowest BCUT2D eigenvalue weighted by atomic mass is 9.80. The predicted molar refractivity (Wildman–Crippen MR) is 88.6 cm³/mol. The second-order valence-electron chi connectivity index (χ2n) is 7.59. The molecule has 0 bridgehead atoms. The number of hydrogen-bond acceptors (Lipinski definition) is 4. The molecule has 4 nitrogen and oxygen atoms in total. The third-order valence-corrected chi connectivity index (χ3v) is 5.78. The molecule has 23 heavy (non-hydrogen) atoms. The van der Waals surface area contributed by atoms with Gasteiger partial charge in [0.1, 0.15) is 0 Å². The van der Waals surface area contributed by atoms with E-state index >= 15 is 0 Å². The highest BCUT2D eigenvalue weighted by Crippen LogP contribution is 2.54. The first-order valence-electron chi connectivity index (χ1n) is 8.89. The summed E-state index contributed by atoms with van der Waals surface area (Å²) in [5.74, 6) is 2.08. The molecule has 3 aliphatic rings. The van der Waals surface area contributed by atoms with Gasteiger partial charge in [0.25, 0.3) is 0 Å². The van der Waals surface area contributed by atoms with Gasteiger partial charge in [-0.25, -0.2) is 0 Å². The van der Waals surface area contributed by atoms with Gasteiger partial charge in [-0.05, 0) is 32.8 Å². The maximum absolute atomic E-state index is 6.48. The molecule has 4 heteroatoms. The Kier molecular flexibility index (Phi) is 3.77. The van der Waals surface area contributed by atoms with E-state index in [4.69, 9.17) is 14.3 Å². The Labute approximate surface area is 138 Å². The first-order valence-corrected chi connectivity index (χ1v) is 8.89. The Bertz CT molecular complexity index is 580. The summed E-state index contributed by atoms with van der Waals surface area (Å²) in [7, 11) is 1.71. The number of nitrogens with zero attached hydrogens (tertiary/aromatic N) is 1. The standard InChI is InChI=1S/C19H27NO3/c1-19(2)15-12-22-18-14(10-7-11-16(18)21-3)17(15)20(23-19)13-8-5-4-6-9-13/h7,10-11,13,15,17H,4-6,8-9,12H2,1-3H3/t15-,17+/m1/s1. The van der Waals surface area contributed by atoms with Crippen LogP contribution in [0.1, 0.15) is 57.6 Å². The zero-order valence-corrected chi connectivity index (χ0v) is 14.4. The minimum Gasteiger partial charge on any atom is -0.493 e. The summed E-state index contributed by atoms with van der Waals surface area (Å²) in [5, 5.41) is 2.31. The molecule has 1 saturated carbocycles. The van der Waals surface area contributed by atoms with E-state index < -0.39 is 0 Å². The van der Waals surface area contributed by atoms with Gasteiger partial charge in [-0.3, -0.25) is 4.84 Å². The van der Waals surface area contributed by atoms with E-state index in [9.17, 15) is 0 Å². The van der Waals surface area contributed by atoms with E-state index in [0.29, 0.717) is 18.6 Å². The number of para-hydroxylation sites is 1. The summed E-state index contributed by atoms with van der Waals surface area (Å²) in [6.45, 7) is 5.08. The minimum atomic E-state index is -0.192. The third kappa shape index (κ3) is 2.43. The number of ether oxygens (including phenoxy) is 2. The largest absolute Gasteiger partial charge is 0.493 e. The molecule has 2 heterocycles. The zero-order chi connectivity index (χ0) is 16.0. The van der Waals surface area contributed by atoms with Crippen LogP contribution in [0.3, 0.4) is 0 Å². The van der Waals surface area contributed by atoms with Gasteiger partial charge in [0.2, 0.25) is 0 Å². The second-order valence-corrected chi connectivity index (χ2v) is 7.59. The van der Waals surface area contributed by atoms with Crippen LogP contribution in [-0.4, -0.2) is 30.4 Å². The maximum Gasteiger partial charge on any atom is 0.166 e. The molecule has 2 fully saturated rings. The molecule has 0 unspecified atom stereocenters. The zero-order valence-electron chi connectivity index (χ0n) is 14.4. The van der Waals surface area contributed by atoms with E-state index in [-0.39, 0.29) is 11.6 Å². The van der Waals surface area contributed by atoms with Crippen LogP contribution in [0, 0.1) is 5.92 Å². The van der Waals surface area contributed by atoms with Crippen molar-refractivity contribution in [2.45, 2.75) is 63.6 Å². The Morgan fingerprint density at radius 3 is 2.70 bits per heavy atom. The van der Waals surface area contributed by atoms with Crippen LogP contribution >= 0.6 is 0 Å². The highest BCUT2D eigenvalue weighted by atomic mass is 16.7. The molecule has 1 aromatic carbocycles. The Hall–Kier alpha value is -1.26. The number of hydrogen-bond donors (Lipinski definition) is 0. The van der Waals surface area contributed by atoms with E-state index in [2.05, 4.69) is 31.0 Å². The van der Waals surface area contributed by atoms with Crippen LogP contribution in [0.4, 0.5) is 0 Å². The van der Waals surface area contributed by atoms with Crippen molar-refractivity contribution in [2.24, 2.45) is 5.92 Å². The van der Waals surface area contributed by atoms with E-state index in [0.717, 1.165) is 11.5 Å². The molecule has 1 saturated heterocycles. The smallest absolute Gasteiger partial charge is 0.166 e. The van der Waals surface area contributed by atoms with E-state index in [1.165, 1.54) is 37.7 Å². The Balaban J connectivity index is 1.74. The fourth-order valence-electron chi connectivity index (χ4n) is 4.49. The molecule has 1 aromatic rings. The molecule has 2 atom stereocenters. The highest BCUT2D eigenvalue weighted by molar-refractivity contribution is 5.50. The molecular weight excluding hydrogens is 290 g/mol. The van der Waals surface area contributed by atoms with Crippen molar-refractivity contribution in [1.82, 2.24) is 5.06 Å². The summed E-state index contributed by atoms with van der Waals surface area (Å²) in [6.07, 6.45) is 6.45. The Morgan fingerprint density at radius 1 is 1.17 bits per heavy atom. The van der Waals surface area contributed by atoms with Crippen molar-refractivity contribution in [2.75, 3.05) is 13.7 Å². The van der Waals surface area contributed by atoms with Gasteiger partial charge >= 0.3 is 0 Å². The van der Waals surface area contributed by atoms with E-state index in [1.807, 2.05) is 6.07 Å². The van der Waals surface area contributed by atoms with Gasteiger partial charge < -0.3 is 9.47 Å². The summed E-state index contributed by atoms with van der Waals surface area (Å²) in [4.78, 5) is 6.48. The average molecular weight is 317 g/mol. The molecule has 0 N–H and O–H groups in total. The monoisotopic (exact) mass is 317 g/mol. The summed E-state index contributed by atoms with van der Waals surface area (Å²) < 4.78 is 11.6. The van der Waals surface area contributed by atoms with Crippen molar-refractivity contribution in [1.29, 1.82) is 0 Å². The molecule has 0 radical (unpaired) electrons. The average Bonchev–Trinajstić information content (AvgIpc) is 2.87. The normalized spacial score (nSPS) is 30.4. The number of rotatable bonds is 2. The van der Waals surface area contributed by atoms with Gasteiger partial charge in [-0.1, -0.05) is 31.4 Å². The van der Waals surface area contributed by atoms with E-state index in [1.54, 1.807) is 7.11 Å². The van der Waals surface area contributed by atoms with Crippen molar-refractivity contribution in [3.8, 4) is 11.5 Å². The van der Waals surface area contributed by atoms with Gasteiger partial charge in [0.15, 0.2) is 11.5 Å². The molecule has 126 valence electrons. The Morgan fingerprint density at radius 2 is 1.96 bits per heavy atom. The van der Waals surface area contributed by atoms with Crippen LogP contribution in [0.25, 0.3) is 0 Å². The summed E-state index contributed by atoms with van der Waals surface area (Å²) in [5.41, 5.74) is 1.03. The van der Waals surface area contributed by atoms with Gasteiger partial charge in [0.05, 0.1) is 25.4 Å². The lowest BCUT2D eigenvalue weighted by Crippen LogP contribution is -2.39. The fourth-order valence-corrected chi connectivity index (χ4v) is 4.49. The second kappa shape index (κ2) is 5.67. The lowest BCUT2D eigenvalue weighted by molar-refractivity contribution is -0.223. The molecule has 0 spiro atoms. The topological polar surface area (TPSA) is 30.9 Å². The molecular formula is C19H27NO3.